The van der Waals surface area contributed by atoms with Gasteiger partial charge in [-0.15, -0.1) is 0 Å². The Hall–Kier alpha value is -1.25. The van der Waals surface area contributed by atoms with Gasteiger partial charge < -0.3 is 10.2 Å². The average Bonchev–Trinajstić information content (AvgIpc) is 2.33. The van der Waals surface area contributed by atoms with Gasteiger partial charge in [-0.2, -0.15) is 0 Å². The SMILES string of the molecule is CC1CC(C)(C)CCC1Nc1ccc(N(C)C)nc1. The summed E-state index contributed by atoms with van der Waals surface area (Å²) in [4.78, 5) is 6.48. The summed E-state index contributed by atoms with van der Waals surface area (Å²) in [6, 6.07) is 4.79. The second-order valence-corrected chi connectivity index (χ2v) is 6.93. The summed E-state index contributed by atoms with van der Waals surface area (Å²) in [5, 5.41) is 3.65. The minimum Gasteiger partial charge on any atom is -0.381 e. The normalized spacial score (nSPS) is 25.9. The fourth-order valence-electron chi connectivity index (χ4n) is 3.11. The van der Waals surface area contributed by atoms with Crippen LogP contribution in [0.5, 0.6) is 0 Å². The molecular formula is C16H27N3. The maximum atomic E-state index is 4.46. The van der Waals surface area contributed by atoms with E-state index < -0.39 is 0 Å². The van der Waals surface area contributed by atoms with Gasteiger partial charge in [-0.25, -0.2) is 4.98 Å². The summed E-state index contributed by atoms with van der Waals surface area (Å²) < 4.78 is 0. The van der Waals surface area contributed by atoms with Crippen LogP contribution in [0.25, 0.3) is 0 Å². The van der Waals surface area contributed by atoms with Gasteiger partial charge in [0.25, 0.3) is 0 Å². The highest BCUT2D eigenvalue weighted by Crippen LogP contribution is 2.39. The third-order valence-corrected chi connectivity index (χ3v) is 4.25. The van der Waals surface area contributed by atoms with Gasteiger partial charge in [0.1, 0.15) is 5.82 Å². The van der Waals surface area contributed by atoms with Gasteiger partial charge in [0.05, 0.1) is 11.9 Å². The van der Waals surface area contributed by atoms with Gasteiger partial charge in [-0.1, -0.05) is 20.8 Å². The summed E-state index contributed by atoms with van der Waals surface area (Å²) in [6.45, 7) is 7.13. The van der Waals surface area contributed by atoms with Crippen LogP contribution in [0.2, 0.25) is 0 Å². The van der Waals surface area contributed by atoms with E-state index in [1.54, 1.807) is 0 Å². The van der Waals surface area contributed by atoms with Crippen LogP contribution in [0.3, 0.4) is 0 Å². The van der Waals surface area contributed by atoms with E-state index in [1.807, 2.05) is 25.2 Å². The third kappa shape index (κ3) is 3.62. The first-order valence-corrected chi connectivity index (χ1v) is 7.27. The number of aromatic nitrogens is 1. The van der Waals surface area contributed by atoms with Gasteiger partial charge in [-0.3, -0.25) is 0 Å². The number of hydrogen-bond acceptors (Lipinski definition) is 3. The first-order chi connectivity index (χ1) is 8.87. The van der Waals surface area contributed by atoms with Crippen molar-refractivity contribution in [2.75, 3.05) is 24.3 Å². The molecule has 2 rings (SSSR count). The molecule has 1 heterocycles. The van der Waals surface area contributed by atoms with Crippen molar-refractivity contribution < 1.29 is 0 Å². The van der Waals surface area contributed by atoms with E-state index in [0.717, 1.165) is 17.4 Å². The Morgan fingerprint density at radius 2 is 2.05 bits per heavy atom. The molecule has 1 aliphatic rings. The van der Waals surface area contributed by atoms with Crippen molar-refractivity contribution in [1.82, 2.24) is 4.98 Å². The zero-order chi connectivity index (χ0) is 14.0. The van der Waals surface area contributed by atoms with Crippen LogP contribution in [0, 0.1) is 11.3 Å². The van der Waals surface area contributed by atoms with E-state index in [4.69, 9.17) is 0 Å². The van der Waals surface area contributed by atoms with Crippen molar-refractivity contribution in [1.29, 1.82) is 0 Å². The quantitative estimate of drug-likeness (QED) is 0.897. The van der Waals surface area contributed by atoms with Crippen molar-refractivity contribution in [3.8, 4) is 0 Å². The zero-order valence-corrected chi connectivity index (χ0v) is 12.9. The van der Waals surface area contributed by atoms with Gasteiger partial charge in [0.2, 0.25) is 0 Å². The number of pyridine rings is 1. The lowest BCUT2D eigenvalue weighted by Crippen LogP contribution is -2.36. The predicted molar refractivity (Wildman–Crippen MR) is 82.8 cm³/mol. The number of rotatable bonds is 3. The van der Waals surface area contributed by atoms with Crippen molar-refractivity contribution in [3.63, 3.8) is 0 Å². The molecule has 106 valence electrons. The molecule has 0 spiro atoms. The van der Waals surface area contributed by atoms with Crippen LogP contribution in [-0.2, 0) is 0 Å². The molecular weight excluding hydrogens is 234 g/mol. The van der Waals surface area contributed by atoms with E-state index in [-0.39, 0.29) is 0 Å². The van der Waals surface area contributed by atoms with Crippen molar-refractivity contribution in [2.45, 2.75) is 46.1 Å². The standard InChI is InChI=1S/C16H27N3/c1-12-10-16(2,3)9-8-14(12)18-13-6-7-15(17-11-13)19(4)5/h6-7,11-12,14,18H,8-10H2,1-5H3. The first-order valence-electron chi connectivity index (χ1n) is 7.27. The molecule has 2 unspecified atom stereocenters. The van der Waals surface area contributed by atoms with E-state index >= 15 is 0 Å². The highest BCUT2D eigenvalue weighted by molar-refractivity contribution is 5.48. The molecule has 1 aromatic rings. The number of nitrogens with one attached hydrogen (secondary N) is 1. The summed E-state index contributed by atoms with van der Waals surface area (Å²) in [5.74, 6) is 1.72. The smallest absolute Gasteiger partial charge is 0.128 e. The number of anilines is 2. The highest BCUT2D eigenvalue weighted by Gasteiger charge is 2.32. The van der Waals surface area contributed by atoms with Crippen LogP contribution < -0.4 is 10.2 Å². The van der Waals surface area contributed by atoms with Crippen LogP contribution in [0.1, 0.15) is 40.0 Å². The Balaban J connectivity index is 1.98. The molecule has 3 heteroatoms. The molecule has 0 saturated heterocycles. The minimum atomic E-state index is 0.505. The third-order valence-electron chi connectivity index (χ3n) is 4.25. The van der Waals surface area contributed by atoms with E-state index in [2.05, 4.69) is 43.2 Å². The molecule has 1 saturated carbocycles. The fraction of sp³-hybridized carbons (Fsp3) is 0.688. The van der Waals surface area contributed by atoms with Crippen LogP contribution >= 0.6 is 0 Å². The van der Waals surface area contributed by atoms with Crippen molar-refractivity contribution in [2.24, 2.45) is 11.3 Å². The molecule has 1 aliphatic carbocycles. The lowest BCUT2D eigenvalue weighted by Gasteiger charge is -2.40. The van der Waals surface area contributed by atoms with Crippen molar-refractivity contribution in [3.05, 3.63) is 18.3 Å². The Labute approximate surface area is 117 Å². The fourth-order valence-corrected chi connectivity index (χ4v) is 3.11. The zero-order valence-electron chi connectivity index (χ0n) is 12.9. The average molecular weight is 261 g/mol. The van der Waals surface area contributed by atoms with Gasteiger partial charge >= 0.3 is 0 Å². The largest absolute Gasteiger partial charge is 0.381 e. The van der Waals surface area contributed by atoms with E-state index in [0.29, 0.717) is 11.5 Å². The number of nitrogens with zero attached hydrogens (tertiary/aromatic N) is 2. The van der Waals surface area contributed by atoms with Gasteiger partial charge in [0.15, 0.2) is 0 Å². The van der Waals surface area contributed by atoms with E-state index in [1.165, 1.54) is 19.3 Å². The summed E-state index contributed by atoms with van der Waals surface area (Å²) in [5.41, 5.74) is 1.65. The van der Waals surface area contributed by atoms with Gasteiger partial charge in [-0.05, 0) is 42.7 Å². The second kappa shape index (κ2) is 5.40. The first kappa shape index (κ1) is 14.2. The highest BCUT2D eigenvalue weighted by atomic mass is 15.1. The Morgan fingerprint density at radius 1 is 1.32 bits per heavy atom. The molecule has 2 atom stereocenters. The lowest BCUT2D eigenvalue weighted by molar-refractivity contribution is 0.177. The topological polar surface area (TPSA) is 28.2 Å². The molecule has 1 aromatic heterocycles. The second-order valence-electron chi connectivity index (χ2n) is 6.93. The molecule has 1 fully saturated rings. The molecule has 0 aliphatic heterocycles. The maximum absolute atomic E-state index is 4.46. The summed E-state index contributed by atoms with van der Waals surface area (Å²) in [7, 11) is 4.03. The molecule has 19 heavy (non-hydrogen) atoms. The molecule has 0 bridgehead atoms. The Morgan fingerprint density at radius 3 is 2.58 bits per heavy atom. The van der Waals surface area contributed by atoms with E-state index in [9.17, 15) is 0 Å². The molecule has 3 nitrogen and oxygen atoms in total. The molecule has 0 radical (unpaired) electrons. The predicted octanol–water partition coefficient (Wildman–Crippen LogP) is 3.77. The minimum absolute atomic E-state index is 0.505. The molecule has 1 N–H and O–H groups in total. The Bertz CT molecular complexity index is 409. The lowest BCUT2D eigenvalue weighted by atomic mass is 9.70. The molecule has 0 aromatic carbocycles. The summed E-state index contributed by atoms with van der Waals surface area (Å²) in [6.07, 6.45) is 5.80. The monoisotopic (exact) mass is 261 g/mol. The molecule has 0 amide bonds. The van der Waals surface area contributed by atoms with Gasteiger partial charge in [0, 0.05) is 20.1 Å². The van der Waals surface area contributed by atoms with Crippen molar-refractivity contribution >= 4 is 11.5 Å². The van der Waals surface area contributed by atoms with Crippen LogP contribution in [0.15, 0.2) is 18.3 Å². The Kier molecular flexibility index (Phi) is 4.02. The summed E-state index contributed by atoms with van der Waals surface area (Å²) >= 11 is 0. The maximum Gasteiger partial charge on any atom is 0.128 e. The number of hydrogen-bond donors (Lipinski definition) is 1. The van der Waals surface area contributed by atoms with Crippen LogP contribution in [0.4, 0.5) is 11.5 Å². The van der Waals surface area contributed by atoms with Crippen LogP contribution in [-0.4, -0.2) is 25.1 Å².